The van der Waals surface area contributed by atoms with Crippen molar-refractivity contribution in [1.29, 1.82) is 0 Å². The topological polar surface area (TPSA) is 71.1 Å². The Morgan fingerprint density at radius 1 is 0.348 bits per heavy atom. The van der Waals surface area contributed by atoms with Crippen LogP contribution in [-0.2, 0) is 13.7 Å². The van der Waals surface area contributed by atoms with Crippen molar-refractivity contribution in [2.75, 3.05) is 0 Å². The monoisotopic (exact) mass is 1060 g/mol. The predicted molar refractivity (Wildman–Crippen MR) is 215 cm³/mol. The average Bonchev–Trinajstić information content (AvgIpc) is 3.29. The zero-order valence-electron chi connectivity index (χ0n) is 36.0. The summed E-state index contributed by atoms with van der Waals surface area (Å²) in [4.78, 5) is -1.62. The van der Waals surface area contributed by atoms with Crippen LogP contribution in [0.15, 0.2) is 87.5 Å². The molecule has 3 saturated carbocycles. The lowest BCUT2D eigenvalue weighted by molar-refractivity contribution is -0.458. The van der Waals surface area contributed by atoms with E-state index in [4.69, 9.17) is 17.8 Å². The number of rotatable bonds is 18. The minimum absolute atomic E-state index is 0.0850. The van der Waals surface area contributed by atoms with E-state index in [-0.39, 0.29) is 35.6 Å². The SMILES string of the molecule is O=S(=O)(OS(c1ccc(OC2CCCCC2)cc1)(c1ccc(OC2CCCCC2)cc1)c1ccc(OC2CCCCC2)cc1)C(F)(F)C(F)(F)C(F)(F)C(F)(F)C(F)(F)C(F)(F)C(F)(F)C(F)(F)F. The van der Waals surface area contributed by atoms with Crippen LogP contribution in [0.1, 0.15) is 96.3 Å². The van der Waals surface area contributed by atoms with Gasteiger partial charge in [-0.2, -0.15) is 83.1 Å². The van der Waals surface area contributed by atoms with Gasteiger partial charge in [0.05, 0.1) is 18.3 Å². The van der Waals surface area contributed by atoms with Crippen molar-refractivity contribution < 1.29 is 101 Å². The molecule has 69 heavy (non-hydrogen) atoms. The van der Waals surface area contributed by atoms with Gasteiger partial charge in [-0.15, -0.1) is 0 Å². The predicted octanol–water partition coefficient (Wildman–Crippen LogP) is 15.3. The van der Waals surface area contributed by atoms with Crippen LogP contribution in [0, 0.1) is 0 Å². The van der Waals surface area contributed by atoms with Crippen molar-refractivity contribution in [3.8, 4) is 17.2 Å². The van der Waals surface area contributed by atoms with Gasteiger partial charge in [0.2, 0.25) is 0 Å². The van der Waals surface area contributed by atoms with Crippen LogP contribution in [0.2, 0.25) is 0 Å². The van der Waals surface area contributed by atoms with Gasteiger partial charge in [0.15, 0.2) is 0 Å². The molecule has 25 heteroatoms. The summed E-state index contributed by atoms with van der Waals surface area (Å²) in [6, 6.07) is 13.0. The van der Waals surface area contributed by atoms with Crippen molar-refractivity contribution >= 4 is 20.4 Å². The second kappa shape index (κ2) is 19.6. The van der Waals surface area contributed by atoms with Gasteiger partial charge in [-0.1, -0.05) is 19.3 Å². The molecule has 3 aliphatic rings. The summed E-state index contributed by atoms with van der Waals surface area (Å²) in [5.41, 5.74) is 0. The summed E-state index contributed by atoms with van der Waals surface area (Å²) in [6.45, 7) is 0. The maximum Gasteiger partial charge on any atom is 0.460 e. The molecule has 0 saturated heterocycles. The smallest absolute Gasteiger partial charge is 0.460 e. The van der Waals surface area contributed by atoms with Gasteiger partial charge in [0, 0.05) is 14.7 Å². The molecule has 6 nitrogen and oxygen atoms in total. The van der Waals surface area contributed by atoms with E-state index in [1.165, 1.54) is 36.4 Å². The summed E-state index contributed by atoms with van der Waals surface area (Å²) >= 11 is 0. The molecule has 0 heterocycles. The minimum atomic E-state index is -9.01. The second-order valence-corrected chi connectivity index (χ2v) is 21.6. The summed E-state index contributed by atoms with van der Waals surface area (Å²) in [5.74, 6) is -52.4. The highest BCUT2D eigenvalue weighted by molar-refractivity contribution is 8.33. The van der Waals surface area contributed by atoms with E-state index in [9.17, 15) is 56.7 Å². The molecule has 3 fully saturated rings. The Hall–Kier alpha value is -3.87. The Labute approximate surface area is 386 Å². The van der Waals surface area contributed by atoms with Crippen LogP contribution in [-0.4, -0.2) is 73.7 Å². The molecule has 0 radical (unpaired) electrons. The van der Waals surface area contributed by atoms with Crippen molar-refractivity contribution in [2.24, 2.45) is 0 Å². The van der Waals surface area contributed by atoms with Crippen LogP contribution < -0.4 is 14.2 Å². The number of ether oxygens (including phenoxy) is 3. The molecule has 0 bridgehead atoms. The van der Waals surface area contributed by atoms with Gasteiger partial charge in [-0.05, 0) is 160 Å². The van der Waals surface area contributed by atoms with E-state index < -0.39 is 82.1 Å². The third kappa shape index (κ3) is 9.90. The van der Waals surface area contributed by atoms with Gasteiger partial charge >= 0.3 is 57.1 Å². The first-order chi connectivity index (χ1) is 31.9. The Bertz CT molecular complexity index is 2140. The van der Waals surface area contributed by atoms with Gasteiger partial charge in [-0.25, -0.2) is 3.63 Å². The fourth-order valence-corrected chi connectivity index (χ4v) is 13.4. The zero-order valence-corrected chi connectivity index (χ0v) is 37.6. The minimum Gasteiger partial charge on any atom is -0.490 e. The van der Waals surface area contributed by atoms with Gasteiger partial charge in [0.25, 0.3) is 0 Å². The van der Waals surface area contributed by atoms with E-state index >= 15 is 26.3 Å². The van der Waals surface area contributed by atoms with Crippen molar-refractivity contribution in [1.82, 2.24) is 0 Å². The number of hydrogen-bond acceptors (Lipinski definition) is 6. The van der Waals surface area contributed by atoms with Crippen LogP contribution in [0.4, 0.5) is 74.6 Å². The van der Waals surface area contributed by atoms with Gasteiger partial charge in [0.1, 0.15) is 17.2 Å². The van der Waals surface area contributed by atoms with E-state index in [1.807, 2.05) is 0 Å². The molecule has 6 rings (SSSR count). The van der Waals surface area contributed by atoms with Crippen molar-refractivity contribution in [2.45, 2.75) is 176 Å². The fourth-order valence-electron chi connectivity index (χ4n) is 8.27. The molecule has 0 spiro atoms. The highest BCUT2D eigenvalue weighted by atomic mass is 32.3. The molecule has 0 unspecified atom stereocenters. The van der Waals surface area contributed by atoms with Crippen molar-refractivity contribution in [3.63, 3.8) is 0 Å². The van der Waals surface area contributed by atoms with Crippen LogP contribution in [0.5, 0.6) is 17.2 Å². The number of benzene rings is 3. The largest absolute Gasteiger partial charge is 0.490 e. The molecule has 0 aromatic heterocycles. The Balaban J connectivity index is 1.51. The molecule has 0 amide bonds. The molecule has 3 aromatic carbocycles. The van der Waals surface area contributed by atoms with Gasteiger partial charge in [-0.3, -0.25) is 0 Å². The normalized spacial score (nSPS) is 19.0. The molecular weight excluding hydrogens is 1010 g/mol. The molecule has 0 aliphatic heterocycles. The fraction of sp³-hybridized carbons (Fsp3) is 0.591. The summed E-state index contributed by atoms with van der Waals surface area (Å²) in [7, 11) is -12.9. The standard InChI is InChI=1S/C44H45F17O6S2/c45-37(46,39(49,50)41(53,54)43(57,58)59)38(47,48)40(51,52)42(55,56)44(60,61)69(62,63)67-68(34-22-16-31(17-23-34)64-28-10-4-1-5-11-28,35-24-18-32(19-25-35)65-29-12-6-2-7-13-29)36-26-20-33(21-27-36)66-30-14-8-3-9-15-30/h16-30H,1-15H2. The third-order valence-electron chi connectivity index (χ3n) is 12.2. The lowest BCUT2D eigenvalue weighted by Gasteiger charge is -2.44. The first-order valence-corrected chi connectivity index (χ1v) is 24.6. The van der Waals surface area contributed by atoms with E-state index in [0.29, 0.717) is 38.5 Å². The lowest BCUT2D eigenvalue weighted by atomic mass is 9.91. The quantitative estimate of drug-likeness (QED) is 0.118. The second-order valence-electron chi connectivity index (χ2n) is 17.1. The first-order valence-electron chi connectivity index (χ1n) is 21.7. The summed E-state index contributed by atoms with van der Waals surface area (Å²) in [6.07, 6.45) is 2.07. The Morgan fingerprint density at radius 2 is 0.594 bits per heavy atom. The van der Waals surface area contributed by atoms with Crippen LogP contribution in [0.3, 0.4) is 0 Å². The summed E-state index contributed by atoms with van der Waals surface area (Å²) < 4.78 is 296. The highest BCUT2D eigenvalue weighted by Crippen LogP contribution is 2.72. The number of halogens is 17. The van der Waals surface area contributed by atoms with Crippen molar-refractivity contribution in [3.05, 3.63) is 72.8 Å². The van der Waals surface area contributed by atoms with Crippen LogP contribution in [0.25, 0.3) is 0 Å². The Morgan fingerprint density at radius 3 is 0.855 bits per heavy atom. The average molecular weight is 1060 g/mol. The molecule has 388 valence electrons. The molecule has 0 atom stereocenters. The summed E-state index contributed by atoms with van der Waals surface area (Å²) in [5, 5.41) is -7.94. The van der Waals surface area contributed by atoms with Crippen LogP contribution >= 0.6 is 10.3 Å². The zero-order chi connectivity index (χ0) is 51.1. The number of hydrogen-bond donors (Lipinski definition) is 0. The van der Waals surface area contributed by atoms with E-state index in [1.54, 1.807) is 0 Å². The third-order valence-corrected chi connectivity index (χ3v) is 17.5. The molecule has 3 aromatic rings. The lowest BCUT2D eigenvalue weighted by Crippen LogP contribution is -2.75. The van der Waals surface area contributed by atoms with E-state index in [0.717, 1.165) is 94.2 Å². The first kappa shape index (κ1) is 54.5. The molecule has 3 aliphatic carbocycles. The van der Waals surface area contributed by atoms with Gasteiger partial charge < -0.3 is 14.2 Å². The number of alkyl halides is 17. The molecule has 0 N–H and O–H groups in total. The Kier molecular flexibility index (Phi) is 15.5. The van der Waals surface area contributed by atoms with E-state index in [2.05, 4.69) is 0 Å². The molecular formula is C44H45F17O6S2. The maximum atomic E-state index is 16.1. The maximum absolute atomic E-state index is 16.1. The highest BCUT2D eigenvalue weighted by Gasteiger charge is 2.96.